The van der Waals surface area contributed by atoms with Crippen LogP contribution in [-0.2, 0) is 11.2 Å². The second kappa shape index (κ2) is 9.01. The van der Waals surface area contributed by atoms with Crippen LogP contribution in [0.15, 0.2) is 23.5 Å². The predicted molar refractivity (Wildman–Crippen MR) is 104 cm³/mol. The largest absolute Gasteiger partial charge is 0.356 e. The first-order valence-electron chi connectivity index (χ1n) is 9.83. The summed E-state index contributed by atoms with van der Waals surface area (Å²) in [5, 5.41) is 6.86. The molecule has 2 fully saturated rings. The van der Waals surface area contributed by atoms with Gasteiger partial charge in [0, 0.05) is 51.0 Å². The minimum atomic E-state index is 0.273. The van der Waals surface area contributed by atoms with Crippen LogP contribution in [0.2, 0.25) is 0 Å². The van der Waals surface area contributed by atoms with Gasteiger partial charge in [0.05, 0.1) is 0 Å². The lowest BCUT2D eigenvalue weighted by Gasteiger charge is -2.21. The molecule has 0 spiro atoms. The molecule has 0 aromatic carbocycles. The maximum atomic E-state index is 12.6. The van der Waals surface area contributed by atoms with Gasteiger partial charge in [-0.2, -0.15) is 0 Å². The molecule has 1 unspecified atom stereocenters. The van der Waals surface area contributed by atoms with Crippen molar-refractivity contribution in [2.45, 2.75) is 51.5 Å². The summed E-state index contributed by atoms with van der Waals surface area (Å²) < 4.78 is 0. The van der Waals surface area contributed by atoms with Crippen LogP contribution in [0.3, 0.4) is 0 Å². The number of rotatable bonds is 5. The Hall–Kier alpha value is -2.11. The fourth-order valence-corrected chi connectivity index (χ4v) is 4.00. The number of nitrogens with one attached hydrogen (secondary N) is 2. The predicted octanol–water partition coefficient (Wildman–Crippen LogP) is 1.89. The molecule has 3 rings (SSSR count). The lowest BCUT2D eigenvalue weighted by molar-refractivity contribution is -0.134. The monoisotopic (exact) mass is 357 g/mol. The zero-order chi connectivity index (χ0) is 18.4. The first kappa shape index (κ1) is 18.7. The summed E-state index contributed by atoms with van der Waals surface area (Å²) in [6, 6.07) is 2.35. The Morgan fingerprint density at radius 1 is 1.35 bits per heavy atom. The Labute approximate surface area is 156 Å². The van der Waals surface area contributed by atoms with Crippen molar-refractivity contribution >= 4 is 11.9 Å². The van der Waals surface area contributed by atoms with Crippen molar-refractivity contribution < 1.29 is 4.79 Å². The molecule has 1 aromatic rings. The fourth-order valence-electron chi connectivity index (χ4n) is 4.00. The standard InChI is InChI=1S/C20H31N5O/c1-15-13-22-10-7-16(15)8-11-23-20(21-2)24-18-9-12-25(14-18)19(26)17-5-3-4-6-17/h7,10,13,17-18H,3-6,8-9,11-12,14H2,1-2H3,(H2,21,23,24). The molecule has 1 aromatic heterocycles. The van der Waals surface area contributed by atoms with Crippen molar-refractivity contribution in [2.24, 2.45) is 10.9 Å². The summed E-state index contributed by atoms with van der Waals surface area (Å²) in [6.07, 6.45) is 10.2. The summed E-state index contributed by atoms with van der Waals surface area (Å²) in [4.78, 5) is 23.1. The quantitative estimate of drug-likeness (QED) is 0.624. The molecule has 0 radical (unpaired) electrons. The van der Waals surface area contributed by atoms with E-state index in [2.05, 4.69) is 33.6 Å². The molecule has 0 bridgehead atoms. The van der Waals surface area contributed by atoms with Crippen LogP contribution < -0.4 is 10.6 Å². The molecule has 1 amide bonds. The van der Waals surface area contributed by atoms with Gasteiger partial charge in [-0.15, -0.1) is 0 Å². The number of likely N-dealkylation sites (tertiary alicyclic amines) is 1. The minimum absolute atomic E-state index is 0.273. The summed E-state index contributed by atoms with van der Waals surface area (Å²) in [5.74, 6) is 1.45. The third-order valence-corrected chi connectivity index (χ3v) is 5.59. The number of aliphatic imine (C=N–C) groups is 1. The topological polar surface area (TPSA) is 69.6 Å². The maximum absolute atomic E-state index is 12.6. The SMILES string of the molecule is CN=C(NCCc1ccncc1C)NC1CCN(C(=O)C2CCCC2)C1. The second-order valence-corrected chi connectivity index (χ2v) is 7.45. The third kappa shape index (κ3) is 4.74. The van der Waals surface area contributed by atoms with Crippen molar-refractivity contribution in [2.75, 3.05) is 26.7 Å². The summed E-state index contributed by atoms with van der Waals surface area (Å²) in [5.41, 5.74) is 2.52. The normalized spacial score (nSPS) is 21.2. The van der Waals surface area contributed by atoms with Gasteiger partial charge in [0.25, 0.3) is 0 Å². The van der Waals surface area contributed by atoms with Gasteiger partial charge in [-0.25, -0.2) is 0 Å². The molecule has 1 aliphatic carbocycles. The number of nitrogens with zero attached hydrogens (tertiary/aromatic N) is 3. The number of amides is 1. The van der Waals surface area contributed by atoms with Crippen molar-refractivity contribution in [1.29, 1.82) is 0 Å². The van der Waals surface area contributed by atoms with E-state index in [9.17, 15) is 4.79 Å². The molecule has 142 valence electrons. The van der Waals surface area contributed by atoms with E-state index < -0.39 is 0 Å². The van der Waals surface area contributed by atoms with Crippen LogP contribution in [0.1, 0.15) is 43.2 Å². The van der Waals surface area contributed by atoms with Gasteiger partial charge in [-0.1, -0.05) is 12.8 Å². The van der Waals surface area contributed by atoms with E-state index >= 15 is 0 Å². The first-order valence-corrected chi connectivity index (χ1v) is 9.83. The molecule has 1 aliphatic heterocycles. The molecular weight excluding hydrogens is 326 g/mol. The van der Waals surface area contributed by atoms with E-state index in [1.54, 1.807) is 7.05 Å². The second-order valence-electron chi connectivity index (χ2n) is 7.45. The highest BCUT2D eigenvalue weighted by atomic mass is 16.2. The first-order chi connectivity index (χ1) is 12.7. The van der Waals surface area contributed by atoms with E-state index in [1.165, 1.54) is 24.0 Å². The number of hydrogen-bond donors (Lipinski definition) is 2. The molecule has 6 nitrogen and oxygen atoms in total. The molecule has 6 heteroatoms. The molecule has 1 atom stereocenters. The Morgan fingerprint density at radius 2 is 2.15 bits per heavy atom. The number of aryl methyl sites for hydroxylation is 1. The zero-order valence-corrected chi connectivity index (χ0v) is 16.0. The van der Waals surface area contributed by atoms with E-state index in [-0.39, 0.29) is 12.0 Å². The van der Waals surface area contributed by atoms with Crippen molar-refractivity contribution in [3.63, 3.8) is 0 Å². The van der Waals surface area contributed by atoms with Gasteiger partial charge in [0.1, 0.15) is 0 Å². The molecule has 2 aliphatic rings. The number of aromatic nitrogens is 1. The molecule has 2 N–H and O–H groups in total. The van der Waals surface area contributed by atoms with E-state index in [1.807, 2.05) is 17.3 Å². The van der Waals surface area contributed by atoms with Crippen molar-refractivity contribution in [3.05, 3.63) is 29.6 Å². The molecule has 1 saturated carbocycles. The zero-order valence-electron chi connectivity index (χ0n) is 16.0. The van der Waals surface area contributed by atoms with E-state index in [0.29, 0.717) is 5.91 Å². The Kier molecular flexibility index (Phi) is 6.47. The van der Waals surface area contributed by atoms with Crippen molar-refractivity contribution in [1.82, 2.24) is 20.5 Å². The number of pyridine rings is 1. The Morgan fingerprint density at radius 3 is 2.88 bits per heavy atom. The van der Waals surface area contributed by atoms with Crippen LogP contribution in [0, 0.1) is 12.8 Å². The van der Waals surface area contributed by atoms with Gasteiger partial charge in [-0.3, -0.25) is 14.8 Å². The van der Waals surface area contributed by atoms with Crippen LogP contribution in [0.5, 0.6) is 0 Å². The average Bonchev–Trinajstić information content (AvgIpc) is 3.34. The van der Waals surface area contributed by atoms with Crippen LogP contribution in [-0.4, -0.2) is 54.5 Å². The lowest BCUT2D eigenvalue weighted by Crippen LogP contribution is -2.45. The van der Waals surface area contributed by atoms with Gasteiger partial charge in [0.15, 0.2) is 5.96 Å². The summed E-state index contributed by atoms with van der Waals surface area (Å²) in [7, 11) is 1.80. The molecular formula is C20H31N5O. The number of carbonyl (C=O) groups is 1. The lowest BCUT2D eigenvalue weighted by atomic mass is 10.1. The van der Waals surface area contributed by atoms with E-state index in [0.717, 1.165) is 51.3 Å². The van der Waals surface area contributed by atoms with Crippen LogP contribution in [0.25, 0.3) is 0 Å². The highest BCUT2D eigenvalue weighted by molar-refractivity contribution is 5.81. The Bertz CT molecular complexity index is 639. The van der Waals surface area contributed by atoms with Gasteiger partial charge >= 0.3 is 0 Å². The van der Waals surface area contributed by atoms with Gasteiger partial charge in [0.2, 0.25) is 5.91 Å². The van der Waals surface area contributed by atoms with Crippen LogP contribution >= 0.6 is 0 Å². The highest BCUT2D eigenvalue weighted by Crippen LogP contribution is 2.27. The fraction of sp³-hybridized carbons (Fsp3) is 0.650. The summed E-state index contributed by atoms with van der Waals surface area (Å²) in [6.45, 7) is 4.56. The smallest absolute Gasteiger partial charge is 0.225 e. The van der Waals surface area contributed by atoms with E-state index in [4.69, 9.17) is 0 Å². The number of carbonyl (C=O) groups excluding carboxylic acids is 1. The maximum Gasteiger partial charge on any atom is 0.225 e. The van der Waals surface area contributed by atoms with Gasteiger partial charge < -0.3 is 15.5 Å². The number of guanidine groups is 1. The highest BCUT2D eigenvalue weighted by Gasteiger charge is 2.32. The average molecular weight is 358 g/mol. The molecule has 26 heavy (non-hydrogen) atoms. The number of hydrogen-bond acceptors (Lipinski definition) is 3. The Balaban J connectivity index is 1.42. The van der Waals surface area contributed by atoms with Gasteiger partial charge in [-0.05, 0) is 49.8 Å². The molecule has 1 saturated heterocycles. The summed E-state index contributed by atoms with van der Waals surface area (Å²) >= 11 is 0. The molecule has 2 heterocycles. The minimum Gasteiger partial charge on any atom is -0.356 e. The van der Waals surface area contributed by atoms with Crippen molar-refractivity contribution in [3.8, 4) is 0 Å². The van der Waals surface area contributed by atoms with Crippen LogP contribution in [0.4, 0.5) is 0 Å². The third-order valence-electron chi connectivity index (χ3n) is 5.59.